The van der Waals surface area contributed by atoms with Gasteiger partial charge in [0.15, 0.2) is 0 Å². The van der Waals surface area contributed by atoms with E-state index in [1.54, 1.807) is 0 Å². The lowest BCUT2D eigenvalue weighted by molar-refractivity contribution is 0.0193. The first-order chi connectivity index (χ1) is 9.08. The number of unbranched alkanes of at least 4 members (excludes halogenated alkanes) is 6. The summed E-state index contributed by atoms with van der Waals surface area (Å²) in [5.74, 6) is 0.174. The molecule has 0 bridgehead atoms. The van der Waals surface area contributed by atoms with E-state index in [4.69, 9.17) is 0 Å². The van der Waals surface area contributed by atoms with Crippen molar-refractivity contribution in [3.63, 3.8) is 0 Å². The fourth-order valence-corrected chi connectivity index (χ4v) is 3.02. The standard InChI is InChI=1S/C17H34FN/c1-4-5-6-7-8-9-10-13-19-14-11-17(18,12-15-19)16(2)3/h16H,4-15H2,1-3H3. The van der Waals surface area contributed by atoms with Crippen LogP contribution in [0.3, 0.4) is 0 Å². The van der Waals surface area contributed by atoms with Crippen molar-refractivity contribution >= 4 is 0 Å². The van der Waals surface area contributed by atoms with Crippen molar-refractivity contribution in [3.05, 3.63) is 0 Å². The van der Waals surface area contributed by atoms with Gasteiger partial charge in [0.2, 0.25) is 0 Å². The lowest BCUT2D eigenvalue weighted by Crippen LogP contribution is -2.44. The molecule has 0 amide bonds. The Morgan fingerprint density at radius 2 is 1.47 bits per heavy atom. The first-order valence-electron chi connectivity index (χ1n) is 8.50. The van der Waals surface area contributed by atoms with Gasteiger partial charge in [-0.3, -0.25) is 0 Å². The highest BCUT2D eigenvalue weighted by molar-refractivity contribution is 4.88. The van der Waals surface area contributed by atoms with Crippen LogP contribution in [0.5, 0.6) is 0 Å². The maximum Gasteiger partial charge on any atom is 0.115 e. The Labute approximate surface area is 119 Å². The third kappa shape index (κ3) is 6.25. The lowest BCUT2D eigenvalue weighted by atomic mass is 9.83. The molecule has 1 aliphatic rings. The molecule has 114 valence electrons. The van der Waals surface area contributed by atoms with Crippen LogP contribution >= 0.6 is 0 Å². The summed E-state index contributed by atoms with van der Waals surface area (Å²) in [5.41, 5.74) is -0.892. The van der Waals surface area contributed by atoms with Gasteiger partial charge in [0.05, 0.1) is 0 Å². The Kier molecular flexibility index (Phi) is 7.97. The number of piperidine rings is 1. The molecule has 0 aromatic carbocycles. The second kappa shape index (κ2) is 8.94. The molecule has 1 heterocycles. The van der Waals surface area contributed by atoms with Crippen molar-refractivity contribution in [2.45, 2.75) is 84.2 Å². The number of nitrogens with zero attached hydrogens (tertiary/aromatic N) is 1. The summed E-state index contributed by atoms with van der Waals surface area (Å²) < 4.78 is 14.4. The maximum absolute atomic E-state index is 14.4. The van der Waals surface area contributed by atoms with Crippen LogP contribution in [0.15, 0.2) is 0 Å². The maximum atomic E-state index is 14.4. The van der Waals surface area contributed by atoms with E-state index in [0.29, 0.717) is 0 Å². The molecule has 0 aliphatic carbocycles. The van der Waals surface area contributed by atoms with Gasteiger partial charge in [-0.1, -0.05) is 59.3 Å². The summed E-state index contributed by atoms with van der Waals surface area (Å²) >= 11 is 0. The van der Waals surface area contributed by atoms with Crippen LogP contribution in [-0.2, 0) is 0 Å². The van der Waals surface area contributed by atoms with E-state index in [1.807, 2.05) is 13.8 Å². The third-order valence-corrected chi connectivity index (χ3v) is 4.80. The lowest BCUT2D eigenvalue weighted by Gasteiger charge is -2.38. The van der Waals surface area contributed by atoms with Gasteiger partial charge in [-0.05, 0) is 31.7 Å². The average molecular weight is 271 g/mol. The highest BCUT2D eigenvalue weighted by Gasteiger charge is 2.36. The first kappa shape index (κ1) is 16.9. The molecular formula is C17H34FN. The summed E-state index contributed by atoms with van der Waals surface area (Å²) in [6, 6.07) is 0. The zero-order chi connectivity index (χ0) is 14.1. The third-order valence-electron chi connectivity index (χ3n) is 4.80. The number of hydrogen-bond acceptors (Lipinski definition) is 1. The fourth-order valence-electron chi connectivity index (χ4n) is 3.02. The van der Waals surface area contributed by atoms with E-state index in [0.717, 1.165) is 25.9 Å². The zero-order valence-electron chi connectivity index (χ0n) is 13.4. The number of halogens is 1. The van der Waals surface area contributed by atoms with Gasteiger partial charge in [0.25, 0.3) is 0 Å². The number of rotatable bonds is 9. The normalized spacial score (nSPS) is 20.1. The van der Waals surface area contributed by atoms with Crippen LogP contribution < -0.4 is 0 Å². The molecule has 2 heteroatoms. The van der Waals surface area contributed by atoms with Gasteiger partial charge in [-0.2, -0.15) is 0 Å². The van der Waals surface area contributed by atoms with Crippen molar-refractivity contribution in [1.29, 1.82) is 0 Å². The van der Waals surface area contributed by atoms with E-state index >= 15 is 0 Å². The Bertz CT molecular complexity index is 219. The van der Waals surface area contributed by atoms with Crippen molar-refractivity contribution in [1.82, 2.24) is 4.90 Å². The Balaban J connectivity index is 2.01. The predicted octanol–water partition coefficient (Wildman–Crippen LogP) is 5.20. The van der Waals surface area contributed by atoms with Crippen molar-refractivity contribution in [2.24, 2.45) is 5.92 Å². The molecular weight excluding hydrogens is 237 g/mol. The van der Waals surface area contributed by atoms with Crippen LogP contribution in [0.2, 0.25) is 0 Å². The topological polar surface area (TPSA) is 3.24 Å². The van der Waals surface area contributed by atoms with E-state index in [2.05, 4.69) is 11.8 Å². The molecule has 19 heavy (non-hydrogen) atoms. The minimum atomic E-state index is -0.892. The van der Waals surface area contributed by atoms with E-state index < -0.39 is 5.67 Å². The monoisotopic (exact) mass is 271 g/mol. The van der Waals surface area contributed by atoms with Crippen LogP contribution in [-0.4, -0.2) is 30.2 Å². The molecule has 0 aromatic heterocycles. The molecule has 1 aliphatic heterocycles. The molecule has 0 saturated carbocycles. The summed E-state index contributed by atoms with van der Waals surface area (Å²) in [4.78, 5) is 2.46. The summed E-state index contributed by atoms with van der Waals surface area (Å²) in [7, 11) is 0. The SMILES string of the molecule is CCCCCCCCCN1CCC(F)(C(C)C)CC1. The minimum absolute atomic E-state index is 0.174. The molecule has 0 N–H and O–H groups in total. The minimum Gasteiger partial charge on any atom is -0.303 e. The van der Waals surface area contributed by atoms with Gasteiger partial charge in [-0.15, -0.1) is 0 Å². The molecule has 0 atom stereocenters. The highest BCUT2D eigenvalue weighted by Crippen LogP contribution is 2.33. The Hall–Kier alpha value is -0.110. The van der Waals surface area contributed by atoms with Crippen LogP contribution in [0.4, 0.5) is 4.39 Å². The zero-order valence-corrected chi connectivity index (χ0v) is 13.4. The first-order valence-corrected chi connectivity index (χ1v) is 8.50. The smallest absolute Gasteiger partial charge is 0.115 e. The fraction of sp³-hybridized carbons (Fsp3) is 1.00. The van der Waals surface area contributed by atoms with Crippen LogP contribution in [0, 0.1) is 5.92 Å². The van der Waals surface area contributed by atoms with Gasteiger partial charge in [0.1, 0.15) is 5.67 Å². The summed E-state index contributed by atoms with van der Waals surface area (Å²) in [5, 5.41) is 0. The Morgan fingerprint density at radius 1 is 0.947 bits per heavy atom. The second-order valence-electron chi connectivity index (χ2n) is 6.65. The van der Waals surface area contributed by atoms with Gasteiger partial charge >= 0.3 is 0 Å². The second-order valence-corrected chi connectivity index (χ2v) is 6.65. The summed E-state index contributed by atoms with van der Waals surface area (Å²) in [6.45, 7) is 9.41. The predicted molar refractivity (Wildman–Crippen MR) is 82.3 cm³/mol. The van der Waals surface area contributed by atoms with Crippen LogP contribution in [0.1, 0.15) is 78.6 Å². The van der Waals surface area contributed by atoms with Gasteiger partial charge in [0, 0.05) is 13.1 Å². The summed E-state index contributed by atoms with van der Waals surface area (Å²) in [6.07, 6.45) is 11.0. The van der Waals surface area contributed by atoms with E-state index in [9.17, 15) is 4.39 Å². The molecule has 1 saturated heterocycles. The highest BCUT2D eigenvalue weighted by atomic mass is 19.1. The molecule has 0 unspecified atom stereocenters. The number of alkyl halides is 1. The molecule has 0 radical (unpaired) electrons. The number of likely N-dealkylation sites (tertiary alicyclic amines) is 1. The van der Waals surface area contributed by atoms with E-state index in [-0.39, 0.29) is 5.92 Å². The molecule has 1 fully saturated rings. The van der Waals surface area contributed by atoms with Gasteiger partial charge < -0.3 is 4.90 Å². The largest absolute Gasteiger partial charge is 0.303 e. The molecule has 1 nitrogen and oxygen atoms in total. The molecule has 0 spiro atoms. The van der Waals surface area contributed by atoms with Crippen molar-refractivity contribution in [3.8, 4) is 0 Å². The van der Waals surface area contributed by atoms with E-state index in [1.165, 1.54) is 51.5 Å². The van der Waals surface area contributed by atoms with Crippen LogP contribution in [0.25, 0.3) is 0 Å². The average Bonchev–Trinajstić information content (AvgIpc) is 2.40. The van der Waals surface area contributed by atoms with Crippen molar-refractivity contribution in [2.75, 3.05) is 19.6 Å². The molecule has 0 aromatic rings. The van der Waals surface area contributed by atoms with Crippen molar-refractivity contribution < 1.29 is 4.39 Å². The Morgan fingerprint density at radius 3 is 2.00 bits per heavy atom. The molecule has 1 rings (SSSR count). The quantitative estimate of drug-likeness (QED) is 0.521. The van der Waals surface area contributed by atoms with Gasteiger partial charge in [-0.25, -0.2) is 4.39 Å². The number of hydrogen-bond donors (Lipinski definition) is 0.